The van der Waals surface area contributed by atoms with Crippen LogP contribution in [-0.4, -0.2) is 54.0 Å². The topological polar surface area (TPSA) is 75.6 Å². The van der Waals surface area contributed by atoms with Crippen molar-refractivity contribution in [2.45, 2.75) is 45.1 Å². The molecule has 7 heteroatoms. The van der Waals surface area contributed by atoms with Crippen LogP contribution < -0.4 is 4.90 Å². The number of aromatic nitrogens is 2. The number of rotatable bonds is 4. The number of amides is 2. The molecular weight excluding hydrogens is 308 g/mol. The van der Waals surface area contributed by atoms with Gasteiger partial charge in [-0.3, -0.25) is 14.5 Å². The molecule has 0 aliphatic carbocycles. The second-order valence-corrected chi connectivity index (χ2v) is 6.41. The van der Waals surface area contributed by atoms with E-state index in [1.165, 1.54) is 0 Å². The van der Waals surface area contributed by atoms with Gasteiger partial charge >= 0.3 is 0 Å². The highest BCUT2D eigenvalue weighted by Gasteiger charge is 2.34. The SMILES string of the molecule is COCCC(=O)N1CCC[C@H]1c1nc(C)c2c(n1)N(C)C(=O)CC2. The number of anilines is 1. The number of fused-ring (bicyclic) bond motifs is 1. The fraction of sp³-hybridized carbons (Fsp3) is 0.647. The molecule has 7 nitrogen and oxygen atoms in total. The van der Waals surface area contributed by atoms with Gasteiger partial charge in [-0.1, -0.05) is 0 Å². The maximum atomic E-state index is 12.4. The average molecular weight is 332 g/mol. The van der Waals surface area contributed by atoms with Crippen LogP contribution in [-0.2, 0) is 20.7 Å². The Labute approximate surface area is 142 Å². The predicted octanol–water partition coefficient (Wildman–Crippen LogP) is 1.39. The van der Waals surface area contributed by atoms with Crippen molar-refractivity contribution < 1.29 is 14.3 Å². The molecule has 0 aromatic carbocycles. The Balaban J connectivity index is 1.90. The van der Waals surface area contributed by atoms with Crippen LogP contribution in [0.15, 0.2) is 0 Å². The van der Waals surface area contributed by atoms with E-state index in [9.17, 15) is 9.59 Å². The molecule has 1 fully saturated rings. The maximum absolute atomic E-state index is 12.4. The third kappa shape index (κ3) is 3.00. The first-order valence-electron chi connectivity index (χ1n) is 8.45. The van der Waals surface area contributed by atoms with Gasteiger partial charge in [0.2, 0.25) is 11.8 Å². The first kappa shape index (κ1) is 16.8. The van der Waals surface area contributed by atoms with Crippen molar-refractivity contribution in [3.8, 4) is 0 Å². The van der Waals surface area contributed by atoms with Crippen LogP contribution in [0.1, 0.15) is 48.8 Å². The quantitative estimate of drug-likeness (QED) is 0.833. The van der Waals surface area contributed by atoms with Crippen LogP contribution >= 0.6 is 0 Å². The van der Waals surface area contributed by atoms with E-state index in [1.807, 2.05) is 11.8 Å². The molecule has 24 heavy (non-hydrogen) atoms. The van der Waals surface area contributed by atoms with Gasteiger partial charge < -0.3 is 9.64 Å². The molecule has 0 N–H and O–H groups in total. The highest BCUT2D eigenvalue weighted by molar-refractivity contribution is 5.94. The molecule has 0 radical (unpaired) electrons. The Morgan fingerprint density at radius 3 is 2.88 bits per heavy atom. The lowest BCUT2D eigenvalue weighted by Gasteiger charge is -2.29. The molecule has 1 atom stereocenters. The molecule has 1 aromatic heterocycles. The number of nitrogens with zero attached hydrogens (tertiary/aromatic N) is 4. The Morgan fingerprint density at radius 2 is 2.12 bits per heavy atom. The van der Waals surface area contributed by atoms with Gasteiger partial charge in [-0.2, -0.15) is 0 Å². The smallest absolute Gasteiger partial charge is 0.228 e. The van der Waals surface area contributed by atoms with Crippen LogP contribution in [0.4, 0.5) is 5.82 Å². The van der Waals surface area contributed by atoms with Gasteiger partial charge in [0.25, 0.3) is 0 Å². The van der Waals surface area contributed by atoms with Gasteiger partial charge in [0, 0.05) is 38.4 Å². The summed E-state index contributed by atoms with van der Waals surface area (Å²) in [6, 6.07) is -0.108. The molecule has 130 valence electrons. The third-order valence-electron chi connectivity index (χ3n) is 4.88. The van der Waals surface area contributed by atoms with Crippen LogP contribution in [0.2, 0.25) is 0 Å². The van der Waals surface area contributed by atoms with Crippen molar-refractivity contribution in [2.24, 2.45) is 0 Å². The van der Waals surface area contributed by atoms with E-state index >= 15 is 0 Å². The molecule has 2 amide bonds. The van der Waals surface area contributed by atoms with Gasteiger partial charge in [-0.05, 0) is 26.2 Å². The minimum Gasteiger partial charge on any atom is -0.384 e. The van der Waals surface area contributed by atoms with E-state index in [0.29, 0.717) is 37.5 Å². The van der Waals surface area contributed by atoms with Gasteiger partial charge in [-0.25, -0.2) is 9.97 Å². The third-order valence-corrected chi connectivity index (χ3v) is 4.88. The van der Waals surface area contributed by atoms with Gasteiger partial charge in [0.1, 0.15) is 5.82 Å². The molecule has 1 saturated heterocycles. The van der Waals surface area contributed by atoms with Gasteiger partial charge in [-0.15, -0.1) is 0 Å². The molecule has 3 heterocycles. The second kappa shape index (κ2) is 6.84. The number of methoxy groups -OCH3 is 1. The molecule has 2 aliphatic heterocycles. The van der Waals surface area contributed by atoms with E-state index in [4.69, 9.17) is 4.74 Å². The van der Waals surface area contributed by atoms with Crippen LogP contribution in [0.5, 0.6) is 0 Å². The fourth-order valence-corrected chi connectivity index (χ4v) is 3.51. The van der Waals surface area contributed by atoms with Crippen molar-refractivity contribution >= 4 is 17.6 Å². The first-order chi connectivity index (χ1) is 11.5. The lowest BCUT2D eigenvalue weighted by atomic mass is 10.0. The zero-order chi connectivity index (χ0) is 17.3. The lowest BCUT2D eigenvalue weighted by Crippen LogP contribution is -2.35. The number of ether oxygens (including phenoxy) is 1. The second-order valence-electron chi connectivity index (χ2n) is 6.41. The lowest BCUT2D eigenvalue weighted by molar-refractivity contribution is -0.133. The first-order valence-corrected chi connectivity index (χ1v) is 8.45. The number of aryl methyl sites for hydroxylation is 1. The zero-order valence-corrected chi connectivity index (χ0v) is 14.5. The molecular formula is C17H24N4O3. The Hall–Kier alpha value is -2.02. The number of carbonyl (C=O) groups is 2. The summed E-state index contributed by atoms with van der Waals surface area (Å²) in [6.45, 7) is 3.10. The van der Waals surface area contributed by atoms with Crippen LogP contribution in [0.25, 0.3) is 0 Å². The summed E-state index contributed by atoms with van der Waals surface area (Å²) < 4.78 is 5.01. The normalized spacial score (nSPS) is 20.5. The van der Waals surface area contributed by atoms with E-state index in [0.717, 1.165) is 30.6 Å². The Morgan fingerprint density at radius 1 is 1.33 bits per heavy atom. The van der Waals surface area contributed by atoms with Crippen molar-refractivity contribution in [3.63, 3.8) is 0 Å². The molecule has 0 saturated carbocycles. The predicted molar refractivity (Wildman–Crippen MR) is 88.7 cm³/mol. The molecule has 2 aliphatic rings. The minimum absolute atomic E-state index is 0.0720. The molecule has 0 spiro atoms. The molecule has 0 bridgehead atoms. The fourth-order valence-electron chi connectivity index (χ4n) is 3.51. The van der Waals surface area contributed by atoms with Gasteiger partial charge in [0.15, 0.2) is 5.82 Å². The summed E-state index contributed by atoms with van der Waals surface area (Å²) in [7, 11) is 3.35. The maximum Gasteiger partial charge on any atom is 0.228 e. The Bertz CT molecular complexity index is 661. The van der Waals surface area contributed by atoms with Crippen molar-refractivity contribution in [1.29, 1.82) is 0 Å². The van der Waals surface area contributed by atoms with E-state index in [-0.39, 0.29) is 17.9 Å². The number of hydrogen-bond donors (Lipinski definition) is 0. The summed E-state index contributed by atoms with van der Waals surface area (Å²) >= 11 is 0. The number of likely N-dealkylation sites (tertiary alicyclic amines) is 1. The highest BCUT2D eigenvalue weighted by Crippen LogP contribution is 2.34. The molecule has 3 rings (SSSR count). The van der Waals surface area contributed by atoms with E-state index < -0.39 is 0 Å². The standard InChI is InChI=1S/C17H24N4O3/c1-11-12-6-7-14(22)20(2)17(12)19-16(18-11)13-5-4-9-21(13)15(23)8-10-24-3/h13H,4-10H2,1-3H3/t13-/m0/s1. The van der Waals surface area contributed by atoms with Gasteiger partial charge in [0.05, 0.1) is 19.1 Å². The molecule has 1 aromatic rings. The van der Waals surface area contributed by atoms with Crippen molar-refractivity contribution in [2.75, 3.05) is 32.2 Å². The summed E-state index contributed by atoms with van der Waals surface area (Å²) in [5.74, 6) is 1.50. The van der Waals surface area contributed by atoms with E-state index in [2.05, 4.69) is 9.97 Å². The summed E-state index contributed by atoms with van der Waals surface area (Å²) in [4.78, 5) is 37.2. The summed E-state index contributed by atoms with van der Waals surface area (Å²) in [5, 5.41) is 0. The average Bonchev–Trinajstić information content (AvgIpc) is 3.06. The zero-order valence-electron chi connectivity index (χ0n) is 14.5. The summed E-state index contributed by atoms with van der Waals surface area (Å²) in [6.07, 6.45) is 3.35. The Kier molecular flexibility index (Phi) is 4.80. The van der Waals surface area contributed by atoms with E-state index in [1.54, 1.807) is 19.1 Å². The molecule has 0 unspecified atom stereocenters. The number of hydrogen-bond acceptors (Lipinski definition) is 5. The summed E-state index contributed by atoms with van der Waals surface area (Å²) in [5.41, 5.74) is 1.95. The largest absolute Gasteiger partial charge is 0.384 e. The monoisotopic (exact) mass is 332 g/mol. The van der Waals surface area contributed by atoms with Crippen LogP contribution in [0.3, 0.4) is 0 Å². The van der Waals surface area contributed by atoms with Crippen LogP contribution in [0, 0.1) is 6.92 Å². The highest BCUT2D eigenvalue weighted by atomic mass is 16.5. The van der Waals surface area contributed by atoms with Crippen molar-refractivity contribution in [3.05, 3.63) is 17.1 Å². The van der Waals surface area contributed by atoms with Crippen molar-refractivity contribution in [1.82, 2.24) is 14.9 Å². The minimum atomic E-state index is -0.108. The number of carbonyl (C=O) groups excluding carboxylic acids is 2.